The van der Waals surface area contributed by atoms with E-state index in [2.05, 4.69) is 10.2 Å². The molecule has 1 amide bonds. The molecule has 1 aliphatic rings. The number of hydrogen-bond acceptors (Lipinski definition) is 4. The highest BCUT2D eigenvalue weighted by molar-refractivity contribution is 6.34. The van der Waals surface area contributed by atoms with E-state index in [0.717, 1.165) is 16.8 Å². The Hall–Kier alpha value is -2.60. The second-order valence-corrected chi connectivity index (χ2v) is 8.76. The highest BCUT2D eigenvalue weighted by Crippen LogP contribution is 2.37. The average Bonchev–Trinajstić information content (AvgIpc) is 2.93. The highest BCUT2D eigenvalue weighted by atomic mass is 35.5. The lowest BCUT2D eigenvalue weighted by molar-refractivity contribution is -0.140. The largest absolute Gasteiger partial charge is 0.459 e. The summed E-state index contributed by atoms with van der Waals surface area (Å²) in [5.41, 5.74) is 3.46. The van der Waals surface area contributed by atoms with Gasteiger partial charge in [0.05, 0.1) is 28.1 Å². The minimum absolute atomic E-state index is 0.270. The zero-order chi connectivity index (χ0) is 21.5. The summed E-state index contributed by atoms with van der Waals surface area (Å²) in [6, 6.07) is 5.31. The smallest absolute Gasteiger partial charge is 0.342 e. The van der Waals surface area contributed by atoms with Gasteiger partial charge in [-0.05, 0) is 45.4 Å². The molecule has 0 bridgehead atoms. The van der Waals surface area contributed by atoms with Gasteiger partial charge in [-0.3, -0.25) is 9.89 Å². The first kappa shape index (κ1) is 21.1. The Morgan fingerprint density at radius 3 is 2.59 bits per heavy atom. The summed E-state index contributed by atoms with van der Waals surface area (Å²) in [5, 5.41) is 7.64. The van der Waals surface area contributed by atoms with Crippen LogP contribution in [0.15, 0.2) is 24.4 Å². The van der Waals surface area contributed by atoms with Crippen molar-refractivity contribution in [3.05, 3.63) is 57.5 Å². The van der Waals surface area contributed by atoms with Crippen LogP contribution in [-0.2, 0) is 14.9 Å². The maximum Gasteiger partial charge on any atom is 0.342 e. The molecule has 1 aromatic carbocycles. The van der Waals surface area contributed by atoms with Crippen molar-refractivity contribution in [3.8, 4) is 0 Å². The van der Waals surface area contributed by atoms with E-state index < -0.39 is 11.4 Å². The molecule has 1 N–H and O–H groups in total. The molecule has 7 heteroatoms. The third-order valence-corrected chi connectivity index (χ3v) is 5.24. The van der Waals surface area contributed by atoms with Crippen LogP contribution in [0, 0.1) is 13.8 Å². The molecule has 0 atom stereocenters. The number of aromatic amines is 1. The molecule has 0 spiro atoms. The monoisotopic (exact) mass is 415 g/mol. The highest BCUT2D eigenvalue weighted by Gasteiger charge is 2.38. The zero-order valence-electron chi connectivity index (χ0n) is 17.6. The second kappa shape index (κ2) is 7.67. The fourth-order valence-corrected chi connectivity index (χ4v) is 4.05. The van der Waals surface area contributed by atoms with Crippen LogP contribution < -0.4 is 0 Å². The summed E-state index contributed by atoms with van der Waals surface area (Å²) in [6.07, 6.45) is 1.26. The summed E-state index contributed by atoms with van der Waals surface area (Å²) in [4.78, 5) is 27.7. The lowest BCUT2D eigenvalue weighted by Crippen LogP contribution is -2.37. The van der Waals surface area contributed by atoms with Crippen molar-refractivity contribution in [2.24, 2.45) is 0 Å². The zero-order valence-corrected chi connectivity index (χ0v) is 18.3. The fourth-order valence-electron chi connectivity index (χ4n) is 3.74. The van der Waals surface area contributed by atoms with Crippen LogP contribution in [0.4, 0.5) is 0 Å². The summed E-state index contributed by atoms with van der Waals surface area (Å²) < 4.78 is 5.43. The molecule has 2 aromatic rings. The quantitative estimate of drug-likeness (QED) is 0.753. The van der Waals surface area contributed by atoms with Gasteiger partial charge < -0.3 is 9.64 Å². The van der Waals surface area contributed by atoms with Gasteiger partial charge in [-0.15, -0.1) is 0 Å². The third kappa shape index (κ3) is 4.08. The summed E-state index contributed by atoms with van der Waals surface area (Å²) in [5.74, 6) is -0.774. The molecule has 1 aliphatic heterocycles. The number of nitrogens with zero attached hydrogens (tertiary/aromatic N) is 2. The van der Waals surface area contributed by atoms with Crippen LogP contribution in [0.5, 0.6) is 0 Å². The molecule has 0 fully saturated rings. The number of rotatable bonds is 3. The Morgan fingerprint density at radius 2 is 1.97 bits per heavy atom. The van der Waals surface area contributed by atoms with E-state index in [1.165, 1.54) is 0 Å². The van der Waals surface area contributed by atoms with Crippen molar-refractivity contribution in [3.63, 3.8) is 0 Å². The molecule has 0 saturated heterocycles. The number of carbonyl (C=O) groups excluding carboxylic acids is 2. The fraction of sp³-hybridized carbons (Fsp3) is 0.409. The van der Waals surface area contributed by atoms with E-state index in [1.807, 2.05) is 33.8 Å². The third-order valence-electron chi connectivity index (χ3n) is 4.92. The number of aromatic nitrogens is 2. The number of nitrogens with one attached hydrogen (secondary N) is 1. The SMILES string of the molecule is Cc1ccc(C(=O)N2C=C(C(=O)OC(C)C)c3[nH]nc(C)c3C(C)(C)C2)c(Cl)c1. The van der Waals surface area contributed by atoms with Crippen molar-refractivity contribution in [1.29, 1.82) is 0 Å². The standard InChI is InChI=1S/C22H26ClN3O3/c1-12(2)29-21(28)16-10-26(20(27)15-8-7-13(3)9-17(15)23)11-22(5,6)18-14(4)24-25-19(16)18/h7-10,12H,11H2,1-6H3,(H,24,25). The normalized spacial score (nSPS) is 15.6. The van der Waals surface area contributed by atoms with E-state index in [-0.39, 0.29) is 17.6 Å². The molecule has 0 unspecified atom stereocenters. The minimum Gasteiger partial charge on any atom is -0.459 e. The van der Waals surface area contributed by atoms with Gasteiger partial charge in [0.1, 0.15) is 5.57 Å². The van der Waals surface area contributed by atoms with Gasteiger partial charge >= 0.3 is 5.97 Å². The van der Waals surface area contributed by atoms with Gasteiger partial charge in [0, 0.05) is 23.7 Å². The van der Waals surface area contributed by atoms with Gasteiger partial charge in [0.15, 0.2) is 0 Å². The van der Waals surface area contributed by atoms with Crippen molar-refractivity contribution in [2.75, 3.05) is 6.54 Å². The molecule has 0 radical (unpaired) electrons. The van der Waals surface area contributed by atoms with Crippen LogP contribution in [0.2, 0.25) is 5.02 Å². The molecule has 0 saturated carbocycles. The average molecular weight is 416 g/mol. The number of halogens is 1. The number of amides is 1. The van der Waals surface area contributed by atoms with Crippen LogP contribution in [0.25, 0.3) is 5.57 Å². The summed E-state index contributed by atoms with van der Waals surface area (Å²) in [7, 11) is 0. The number of ether oxygens (including phenoxy) is 1. The van der Waals surface area contributed by atoms with Crippen molar-refractivity contribution >= 4 is 29.1 Å². The Bertz CT molecular complexity index is 1000. The van der Waals surface area contributed by atoms with Crippen molar-refractivity contribution in [1.82, 2.24) is 15.1 Å². The van der Waals surface area contributed by atoms with Gasteiger partial charge in [0.2, 0.25) is 0 Å². The number of aryl methyl sites for hydroxylation is 2. The minimum atomic E-state index is -0.504. The molecule has 6 nitrogen and oxygen atoms in total. The molecule has 3 rings (SSSR count). The molecular formula is C22H26ClN3O3. The molecular weight excluding hydrogens is 390 g/mol. The van der Waals surface area contributed by atoms with Gasteiger partial charge in [-0.1, -0.05) is 31.5 Å². The van der Waals surface area contributed by atoms with Gasteiger partial charge in [-0.25, -0.2) is 4.79 Å². The van der Waals surface area contributed by atoms with Gasteiger partial charge in [-0.2, -0.15) is 5.10 Å². The number of hydrogen-bond donors (Lipinski definition) is 1. The first-order chi connectivity index (χ1) is 13.5. The molecule has 154 valence electrons. The Balaban J connectivity index is 2.13. The number of carbonyl (C=O) groups is 2. The Kier molecular flexibility index (Phi) is 5.59. The molecule has 29 heavy (non-hydrogen) atoms. The van der Waals surface area contributed by atoms with Gasteiger partial charge in [0.25, 0.3) is 5.91 Å². The summed E-state index contributed by atoms with van der Waals surface area (Å²) >= 11 is 6.34. The van der Waals surface area contributed by atoms with Crippen LogP contribution in [0.3, 0.4) is 0 Å². The predicted molar refractivity (Wildman–Crippen MR) is 113 cm³/mol. The van der Waals surface area contributed by atoms with Crippen LogP contribution in [-0.4, -0.2) is 39.6 Å². The van der Waals surface area contributed by atoms with E-state index in [0.29, 0.717) is 22.8 Å². The topological polar surface area (TPSA) is 75.3 Å². The Labute approximate surface area is 175 Å². The van der Waals surface area contributed by atoms with E-state index in [9.17, 15) is 9.59 Å². The maximum atomic E-state index is 13.3. The van der Waals surface area contributed by atoms with Crippen molar-refractivity contribution < 1.29 is 14.3 Å². The predicted octanol–water partition coefficient (Wildman–Crippen LogP) is 4.41. The Morgan fingerprint density at radius 1 is 1.28 bits per heavy atom. The van der Waals surface area contributed by atoms with E-state index in [1.54, 1.807) is 37.1 Å². The first-order valence-electron chi connectivity index (χ1n) is 9.57. The second-order valence-electron chi connectivity index (χ2n) is 8.36. The molecule has 1 aromatic heterocycles. The first-order valence-corrected chi connectivity index (χ1v) is 9.95. The number of esters is 1. The van der Waals surface area contributed by atoms with E-state index in [4.69, 9.17) is 16.3 Å². The maximum absolute atomic E-state index is 13.3. The van der Waals surface area contributed by atoms with E-state index >= 15 is 0 Å². The lowest BCUT2D eigenvalue weighted by atomic mass is 9.82. The summed E-state index contributed by atoms with van der Waals surface area (Å²) in [6.45, 7) is 11.8. The van der Waals surface area contributed by atoms with Crippen LogP contribution in [0.1, 0.15) is 60.6 Å². The number of H-pyrrole nitrogens is 1. The lowest BCUT2D eigenvalue weighted by Gasteiger charge is -2.29. The molecule has 2 heterocycles. The van der Waals surface area contributed by atoms with Crippen molar-refractivity contribution in [2.45, 2.75) is 53.1 Å². The van der Waals surface area contributed by atoms with Crippen LogP contribution >= 0.6 is 11.6 Å². The molecule has 0 aliphatic carbocycles. The number of fused-ring (bicyclic) bond motifs is 1. The number of benzene rings is 1.